The van der Waals surface area contributed by atoms with Crippen molar-refractivity contribution in [3.8, 4) is 0 Å². The first-order valence-corrected chi connectivity index (χ1v) is 11.1. The number of likely N-dealkylation sites (tertiary alicyclic amines) is 1. The first-order valence-electron chi connectivity index (χ1n) is 9.62. The fraction of sp³-hybridized carbons (Fsp3) is 0.667. The lowest BCUT2D eigenvalue weighted by Crippen LogP contribution is -2.37. The molecule has 1 N–H and O–H groups in total. The number of rotatable bonds is 5. The van der Waals surface area contributed by atoms with Gasteiger partial charge in [0.05, 0.1) is 0 Å². The minimum absolute atomic E-state index is 0.0354. The van der Waals surface area contributed by atoms with Crippen LogP contribution < -0.4 is 0 Å². The highest BCUT2D eigenvalue weighted by atomic mass is 32.2. The Morgan fingerprint density at radius 1 is 0.963 bits per heavy atom. The molecule has 0 aromatic carbocycles. The highest BCUT2D eigenvalue weighted by Gasteiger charge is 2.29. The summed E-state index contributed by atoms with van der Waals surface area (Å²) in [5.74, 6) is -0.931. The second-order valence-electron chi connectivity index (χ2n) is 7.08. The number of aromatic amines is 1. The summed E-state index contributed by atoms with van der Waals surface area (Å²) in [5, 5.41) is 0. The smallest absolute Gasteiger partial charge is 0.355 e. The summed E-state index contributed by atoms with van der Waals surface area (Å²) >= 11 is 0. The molecule has 2 fully saturated rings. The molecule has 1 aromatic rings. The quantitative estimate of drug-likeness (QED) is 0.763. The van der Waals surface area contributed by atoms with Crippen LogP contribution in [0.3, 0.4) is 0 Å². The molecule has 27 heavy (non-hydrogen) atoms. The van der Waals surface area contributed by atoms with Crippen molar-refractivity contribution in [3.05, 3.63) is 18.0 Å². The van der Waals surface area contributed by atoms with E-state index in [-0.39, 0.29) is 23.1 Å². The molecule has 0 bridgehead atoms. The molecule has 2 aliphatic heterocycles. The van der Waals surface area contributed by atoms with Gasteiger partial charge in [-0.2, -0.15) is 4.31 Å². The number of carbonyl (C=O) groups is 2. The van der Waals surface area contributed by atoms with Gasteiger partial charge in [-0.1, -0.05) is 19.3 Å². The number of sulfonamides is 1. The molecule has 0 aliphatic carbocycles. The molecule has 1 aromatic heterocycles. The molecule has 0 saturated carbocycles. The topological polar surface area (TPSA) is 99.8 Å². The molecule has 1 amide bonds. The van der Waals surface area contributed by atoms with Gasteiger partial charge in [0.2, 0.25) is 10.0 Å². The average Bonchev–Trinajstić information content (AvgIpc) is 3.31. The third-order valence-corrected chi connectivity index (χ3v) is 6.99. The van der Waals surface area contributed by atoms with E-state index in [1.165, 1.54) is 23.0 Å². The number of ether oxygens (including phenoxy) is 1. The molecule has 9 heteroatoms. The van der Waals surface area contributed by atoms with Crippen molar-refractivity contribution < 1.29 is 22.7 Å². The van der Waals surface area contributed by atoms with Crippen LogP contribution in [0.5, 0.6) is 0 Å². The Morgan fingerprint density at radius 3 is 2.22 bits per heavy atom. The molecule has 0 unspecified atom stereocenters. The minimum Gasteiger partial charge on any atom is -0.451 e. The van der Waals surface area contributed by atoms with Crippen LogP contribution in [-0.2, 0) is 19.6 Å². The van der Waals surface area contributed by atoms with Crippen molar-refractivity contribution >= 4 is 21.9 Å². The number of aromatic nitrogens is 1. The van der Waals surface area contributed by atoms with Gasteiger partial charge in [0.1, 0.15) is 10.6 Å². The zero-order valence-electron chi connectivity index (χ0n) is 15.5. The summed E-state index contributed by atoms with van der Waals surface area (Å²) in [6.45, 7) is 2.05. The van der Waals surface area contributed by atoms with E-state index in [1.807, 2.05) is 0 Å². The molecule has 0 spiro atoms. The highest BCUT2D eigenvalue weighted by Crippen LogP contribution is 2.21. The average molecular weight is 397 g/mol. The molecule has 0 atom stereocenters. The molecule has 2 saturated heterocycles. The first kappa shape index (κ1) is 19.9. The van der Waals surface area contributed by atoms with Gasteiger partial charge in [0, 0.05) is 32.4 Å². The van der Waals surface area contributed by atoms with Gasteiger partial charge in [0.25, 0.3) is 5.91 Å². The molecule has 2 aliphatic rings. The molecule has 8 nitrogen and oxygen atoms in total. The normalized spacial score (nSPS) is 19.5. The number of carbonyl (C=O) groups excluding carboxylic acids is 2. The molecule has 0 radical (unpaired) electrons. The van der Waals surface area contributed by atoms with Crippen LogP contribution in [0.2, 0.25) is 0 Å². The van der Waals surface area contributed by atoms with Crippen LogP contribution in [0.1, 0.15) is 55.4 Å². The molecule has 3 heterocycles. The van der Waals surface area contributed by atoms with Crippen molar-refractivity contribution in [2.24, 2.45) is 0 Å². The summed E-state index contributed by atoms with van der Waals surface area (Å²) in [6, 6.07) is 1.27. The number of amides is 1. The largest absolute Gasteiger partial charge is 0.451 e. The summed E-state index contributed by atoms with van der Waals surface area (Å²) in [4.78, 5) is 28.9. The van der Waals surface area contributed by atoms with E-state index in [0.717, 1.165) is 38.5 Å². The van der Waals surface area contributed by atoms with Crippen LogP contribution >= 0.6 is 0 Å². The van der Waals surface area contributed by atoms with E-state index in [1.54, 1.807) is 4.90 Å². The maximum atomic E-state index is 12.5. The Balaban J connectivity index is 1.55. The van der Waals surface area contributed by atoms with E-state index in [0.29, 0.717) is 26.2 Å². The monoisotopic (exact) mass is 397 g/mol. The van der Waals surface area contributed by atoms with E-state index in [4.69, 9.17) is 4.74 Å². The first-order chi connectivity index (χ1) is 13.0. The lowest BCUT2D eigenvalue weighted by Gasteiger charge is -2.24. The maximum Gasteiger partial charge on any atom is 0.355 e. The number of esters is 1. The summed E-state index contributed by atoms with van der Waals surface area (Å²) in [6.07, 6.45) is 8.34. The Morgan fingerprint density at radius 2 is 1.56 bits per heavy atom. The van der Waals surface area contributed by atoms with Crippen molar-refractivity contribution in [3.63, 3.8) is 0 Å². The van der Waals surface area contributed by atoms with E-state index < -0.39 is 16.0 Å². The lowest BCUT2D eigenvalue weighted by atomic mass is 10.1. The molecular formula is C18H27N3O5S. The zero-order valence-corrected chi connectivity index (χ0v) is 16.3. The predicted molar refractivity (Wildman–Crippen MR) is 98.7 cm³/mol. The summed E-state index contributed by atoms with van der Waals surface area (Å²) in [5.41, 5.74) is 0.0354. The van der Waals surface area contributed by atoms with E-state index in [9.17, 15) is 18.0 Å². The summed E-state index contributed by atoms with van der Waals surface area (Å²) in [7, 11) is -3.59. The second-order valence-corrected chi connectivity index (χ2v) is 9.02. The van der Waals surface area contributed by atoms with Gasteiger partial charge in [0.15, 0.2) is 6.61 Å². The zero-order chi connectivity index (χ0) is 19.3. The standard InChI is InChI=1S/C18H27N3O5S/c22-17(20-8-4-2-1-3-5-9-20)14-26-18(23)16-12-15(13-19-16)27(24,25)21-10-6-7-11-21/h12-13,19H,1-11,14H2. The van der Waals surface area contributed by atoms with Crippen molar-refractivity contribution in [1.29, 1.82) is 0 Å². The third-order valence-electron chi connectivity index (χ3n) is 5.11. The number of hydrogen-bond acceptors (Lipinski definition) is 5. The minimum atomic E-state index is -3.59. The summed E-state index contributed by atoms with van der Waals surface area (Å²) < 4.78 is 31.5. The number of nitrogens with zero attached hydrogens (tertiary/aromatic N) is 2. The van der Waals surface area contributed by atoms with Crippen LogP contribution in [0.15, 0.2) is 17.2 Å². The van der Waals surface area contributed by atoms with Gasteiger partial charge in [-0.3, -0.25) is 4.79 Å². The maximum absolute atomic E-state index is 12.5. The Labute approximate surface area is 159 Å². The van der Waals surface area contributed by atoms with Crippen molar-refractivity contribution in [2.75, 3.05) is 32.8 Å². The van der Waals surface area contributed by atoms with Crippen molar-refractivity contribution in [2.45, 2.75) is 49.8 Å². The Bertz CT molecular complexity index is 760. The van der Waals surface area contributed by atoms with Crippen LogP contribution in [0.4, 0.5) is 0 Å². The van der Waals surface area contributed by atoms with Gasteiger partial charge >= 0.3 is 5.97 Å². The SMILES string of the molecule is O=C(OCC(=O)N1CCCCCCC1)c1cc(S(=O)(=O)N2CCCC2)c[nH]1. The van der Waals surface area contributed by atoms with Gasteiger partial charge in [-0.05, 0) is 31.7 Å². The lowest BCUT2D eigenvalue weighted by molar-refractivity contribution is -0.134. The fourth-order valence-corrected chi connectivity index (χ4v) is 5.02. The third kappa shape index (κ3) is 4.90. The Kier molecular flexibility index (Phi) is 6.54. The molecule has 150 valence electrons. The van der Waals surface area contributed by atoms with Gasteiger partial charge in [-0.25, -0.2) is 13.2 Å². The van der Waals surface area contributed by atoms with E-state index >= 15 is 0 Å². The van der Waals surface area contributed by atoms with Crippen LogP contribution in [-0.4, -0.2) is 67.3 Å². The van der Waals surface area contributed by atoms with E-state index in [2.05, 4.69) is 4.98 Å². The number of hydrogen-bond donors (Lipinski definition) is 1. The predicted octanol–water partition coefficient (Wildman–Crippen LogP) is 1.75. The Hall–Kier alpha value is -1.87. The second kappa shape index (κ2) is 8.88. The van der Waals surface area contributed by atoms with Crippen molar-refractivity contribution in [1.82, 2.24) is 14.2 Å². The number of H-pyrrole nitrogens is 1. The fourth-order valence-electron chi connectivity index (χ4n) is 3.51. The van der Waals surface area contributed by atoms with Crippen LogP contribution in [0.25, 0.3) is 0 Å². The van der Waals surface area contributed by atoms with Crippen LogP contribution in [0, 0.1) is 0 Å². The highest BCUT2D eigenvalue weighted by molar-refractivity contribution is 7.89. The van der Waals surface area contributed by atoms with Gasteiger partial charge in [-0.15, -0.1) is 0 Å². The number of nitrogens with one attached hydrogen (secondary N) is 1. The molecule has 3 rings (SSSR count). The molecular weight excluding hydrogens is 370 g/mol. The van der Waals surface area contributed by atoms with Gasteiger partial charge < -0.3 is 14.6 Å².